The van der Waals surface area contributed by atoms with Crippen LogP contribution in [0.1, 0.15) is 34.5 Å². The minimum absolute atomic E-state index is 0.347. The van der Waals surface area contributed by atoms with Gasteiger partial charge in [0.15, 0.2) is 0 Å². The SMILES string of the molecule is Cc1nn(-c2ccccc2)c(N2CCCC2)c1/C=N/NC(=O)c1ccc(F)cc1. The van der Waals surface area contributed by atoms with Gasteiger partial charge < -0.3 is 4.90 Å². The Bertz CT molecular complexity index is 1020. The number of benzene rings is 2. The van der Waals surface area contributed by atoms with E-state index < -0.39 is 5.91 Å². The molecule has 0 radical (unpaired) electrons. The third kappa shape index (κ3) is 4.03. The summed E-state index contributed by atoms with van der Waals surface area (Å²) in [7, 11) is 0. The van der Waals surface area contributed by atoms with Crippen molar-refractivity contribution in [3.63, 3.8) is 0 Å². The fraction of sp³-hybridized carbons (Fsp3) is 0.227. The normalized spacial score (nSPS) is 13.9. The van der Waals surface area contributed by atoms with E-state index in [2.05, 4.69) is 15.4 Å². The number of rotatable bonds is 5. The Kier molecular flexibility index (Phi) is 5.37. The number of anilines is 1. The quantitative estimate of drug-likeness (QED) is 0.533. The Hall–Kier alpha value is -3.48. The molecule has 1 saturated heterocycles. The first-order valence-electron chi connectivity index (χ1n) is 9.62. The van der Waals surface area contributed by atoms with E-state index in [0.29, 0.717) is 5.56 Å². The molecule has 0 aliphatic carbocycles. The third-order valence-electron chi connectivity index (χ3n) is 4.95. The number of aryl methyl sites for hydroxylation is 1. The van der Waals surface area contributed by atoms with Crippen LogP contribution >= 0.6 is 0 Å². The van der Waals surface area contributed by atoms with Gasteiger partial charge in [0.05, 0.1) is 23.2 Å². The highest BCUT2D eigenvalue weighted by molar-refractivity contribution is 5.95. The van der Waals surface area contributed by atoms with Crippen molar-refractivity contribution in [2.24, 2.45) is 5.10 Å². The predicted molar refractivity (Wildman–Crippen MR) is 111 cm³/mol. The molecule has 7 heteroatoms. The van der Waals surface area contributed by atoms with Gasteiger partial charge in [-0.3, -0.25) is 4.79 Å². The minimum atomic E-state index is -0.392. The molecule has 1 fully saturated rings. The molecule has 4 rings (SSSR count). The zero-order valence-electron chi connectivity index (χ0n) is 16.2. The van der Waals surface area contributed by atoms with Gasteiger partial charge in [-0.15, -0.1) is 0 Å². The summed E-state index contributed by atoms with van der Waals surface area (Å²) in [5.41, 5.74) is 5.54. The number of carbonyl (C=O) groups is 1. The van der Waals surface area contributed by atoms with Gasteiger partial charge in [0.25, 0.3) is 5.91 Å². The summed E-state index contributed by atoms with van der Waals surface area (Å²) >= 11 is 0. The fourth-order valence-corrected chi connectivity index (χ4v) is 3.48. The molecule has 2 heterocycles. The van der Waals surface area contributed by atoms with Crippen LogP contribution in [-0.2, 0) is 0 Å². The highest BCUT2D eigenvalue weighted by Crippen LogP contribution is 2.28. The standard InChI is InChI=1S/C22H22FN5O/c1-16-20(15-24-25-21(29)17-9-11-18(23)12-10-17)22(27-13-5-6-14-27)28(26-16)19-7-3-2-4-8-19/h2-4,7-12,15H,5-6,13-14H2,1H3,(H,25,29)/b24-15+. The van der Waals surface area contributed by atoms with Crippen LogP contribution in [0.25, 0.3) is 5.69 Å². The number of aromatic nitrogens is 2. The largest absolute Gasteiger partial charge is 0.356 e. The molecule has 0 spiro atoms. The number of amides is 1. The predicted octanol–water partition coefficient (Wildman–Crippen LogP) is 3.68. The van der Waals surface area contributed by atoms with Gasteiger partial charge in [-0.25, -0.2) is 14.5 Å². The highest BCUT2D eigenvalue weighted by atomic mass is 19.1. The number of halogens is 1. The van der Waals surface area contributed by atoms with Crippen molar-refractivity contribution >= 4 is 17.9 Å². The number of hydrogen-bond acceptors (Lipinski definition) is 4. The zero-order chi connectivity index (χ0) is 20.2. The molecule has 1 N–H and O–H groups in total. The van der Waals surface area contributed by atoms with Gasteiger partial charge in [0.2, 0.25) is 0 Å². The monoisotopic (exact) mass is 391 g/mol. The first kappa shape index (κ1) is 18.9. The summed E-state index contributed by atoms with van der Waals surface area (Å²) in [6.45, 7) is 3.85. The van der Waals surface area contributed by atoms with E-state index in [0.717, 1.165) is 48.7 Å². The van der Waals surface area contributed by atoms with Crippen LogP contribution in [0, 0.1) is 12.7 Å². The number of hydrogen-bond donors (Lipinski definition) is 1. The van der Waals surface area contributed by atoms with Gasteiger partial charge in [-0.05, 0) is 56.2 Å². The van der Waals surface area contributed by atoms with Crippen molar-refractivity contribution in [2.75, 3.05) is 18.0 Å². The van der Waals surface area contributed by atoms with Crippen LogP contribution in [0.2, 0.25) is 0 Å². The lowest BCUT2D eigenvalue weighted by Gasteiger charge is -2.20. The maximum atomic E-state index is 13.0. The lowest BCUT2D eigenvalue weighted by Crippen LogP contribution is -2.23. The summed E-state index contributed by atoms with van der Waals surface area (Å²) in [5.74, 6) is 0.201. The maximum Gasteiger partial charge on any atom is 0.271 e. The maximum absolute atomic E-state index is 13.0. The van der Waals surface area contributed by atoms with Gasteiger partial charge in [-0.1, -0.05) is 18.2 Å². The summed E-state index contributed by atoms with van der Waals surface area (Å²) in [6.07, 6.45) is 3.91. The molecular weight excluding hydrogens is 369 g/mol. The molecule has 0 atom stereocenters. The van der Waals surface area contributed by atoms with Gasteiger partial charge in [0.1, 0.15) is 11.6 Å². The second-order valence-electron chi connectivity index (χ2n) is 6.97. The highest BCUT2D eigenvalue weighted by Gasteiger charge is 2.23. The summed E-state index contributed by atoms with van der Waals surface area (Å²) in [5, 5.41) is 8.86. The number of para-hydroxylation sites is 1. The van der Waals surface area contributed by atoms with Crippen molar-refractivity contribution in [2.45, 2.75) is 19.8 Å². The Morgan fingerprint density at radius 1 is 1.10 bits per heavy atom. The summed E-state index contributed by atoms with van der Waals surface area (Å²) in [4.78, 5) is 14.5. The van der Waals surface area contributed by atoms with Gasteiger partial charge in [0, 0.05) is 18.7 Å². The molecule has 1 aromatic heterocycles. The van der Waals surface area contributed by atoms with E-state index in [-0.39, 0.29) is 5.82 Å². The van der Waals surface area contributed by atoms with E-state index in [4.69, 9.17) is 5.10 Å². The number of nitrogens with zero attached hydrogens (tertiary/aromatic N) is 4. The van der Waals surface area contributed by atoms with Crippen LogP contribution in [0.4, 0.5) is 10.2 Å². The molecule has 1 amide bonds. The van der Waals surface area contributed by atoms with E-state index in [1.807, 2.05) is 41.9 Å². The second-order valence-corrected chi connectivity index (χ2v) is 6.97. The van der Waals surface area contributed by atoms with Crippen LogP contribution in [0.5, 0.6) is 0 Å². The first-order valence-corrected chi connectivity index (χ1v) is 9.62. The van der Waals surface area contributed by atoms with Crippen molar-refractivity contribution in [3.8, 4) is 5.69 Å². The Balaban J connectivity index is 1.62. The molecule has 0 unspecified atom stereocenters. The van der Waals surface area contributed by atoms with E-state index >= 15 is 0 Å². The van der Waals surface area contributed by atoms with Crippen molar-refractivity contribution < 1.29 is 9.18 Å². The zero-order valence-corrected chi connectivity index (χ0v) is 16.2. The molecule has 0 saturated carbocycles. The van der Waals surface area contributed by atoms with Crippen molar-refractivity contribution in [1.29, 1.82) is 0 Å². The van der Waals surface area contributed by atoms with E-state index in [1.54, 1.807) is 6.21 Å². The first-order chi connectivity index (χ1) is 14.1. The molecule has 1 aliphatic heterocycles. The van der Waals surface area contributed by atoms with E-state index in [9.17, 15) is 9.18 Å². The molecule has 0 bridgehead atoms. The molecule has 6 nitrogen and oxygen atoms in total. The Morgan fingerprint density at radius 3 is 2.48 bits per heavy atom. The van der Waals surface area contributed by atoms with Gasteiger partial charge in [-0.2, -0.15) is 10.2 Å². The van der Waals surface area contributed by atoms with Crippen LogP contribution in [0.3, 0.4) is 0 Å². The van der Waals surface area contributed by atoms with E-state index in [1.165, 1.54) is 24.3 Å². The third-order valence-corrected chi connectivity index (χ3v) is 4.95. The molecule has 3 aromatic rings. The lowest BCUT2D eigenvalue weighted by molar-refractivity contribution is 0.0955. The van der Waals surface area contributed by atoms with Crippen molar-refractivity contribution in [1.82, 2.24) is 15.2 Å². The molecule has 148 valence electrons. The molecular formula is C22H22FN5O. The number of nitrogens with one attached hydrogen (secondary N) is 1. The smallest absolute Gasteiger partial charge is 0.271 e. The summed E-state index contributed by atoms with van der Waals surface area (Å²) in [6, 6.07) is 15.3. The average molecular weight is 391 g/mol. The number of carbonyl (C=O) groups excluding carboxylic acids is 1. The molecule has 1 aliphatic rings. The molecule has 2 aromatic carbocycles. The topological polar surface area (TPSA) is 62.5 Å². The molecule has 29 heavy (non-hydrogen) atoms. The summed E-state index contributed by atoms with van der Waals surface area (Å²) < 4.78 is 15.0. The minimum Gasteiger partial charge on any atom is -0.356 e. The fourth-order valence-electron chi connectivity index (χ4n) is 3.48. The lowest BCUT2D eigenvalue weighted by atomic mass is 10.2. The van der Waals surface area contributed by atoms with Crippen molar-refractivity contribution in [3.05, 3.63) is 77.2 Å². The Morgan fingerprint density at radius 2 is 1.79 bits per heavy atom. The average Bonchev–Trinajstić information content (AvgIpc) is 3.37. The van der Waals surface area contributed by atoms with Crippen LogP contribution < -0.4 is 10.3 Å². The van der Waals surface area contributed by atoms with Gasteiger partial charge >= 0.3 is 0 Å². The number of hydrazone groups is 1. The van der Waals surface area contributed by atoms with Crippen LogP contribution in [-0.4, -0.2) is 35.0 Å². The second kappa shape index (κ2) is 8.26. The van der Waals surface area contributed by atoms with Crippen LogP contribution in [0.15, 0.2) is 59.7 Å². The Labute approximate surface area is 168 Å².